The summed E-state index contributed by atoms with van der Waals surface area (Å²) in [5, 5.41) is 11.0. The van der Waals surface area contributed by atoms with Crippen LogP contribution in [0.2, 0.25) is 0 Å². The van der Waals surface area contributed by atoms with Gasteiger partial charge in [0.1, 0.15) is 0 Å². The molecule has 0 spiro atoms. The van der Waals surface area contributed by atoms with Crippen LogP contribution in [0.1, 0.15) is 25.0 Å². The van der Waals surface area contributed by atoms with Crippen molar-refractivity contribution in [2.45, 2.75) is 25.7 Å². The summed E-state index contributed by atoms with van der Waals surface area (Å²) < 4.78 is 5.08. The first kappa shape index (κ1) is 13.2. The number of methoxy groups -OCH3 is 1. The molecule has 106 valence electrons. The second-order valence-corrected chi connectivity index (χ2v) is 5.95. The van der Waals surface area contributed by atoms with Crippen molar-refractivity contribution in [1.29, 1.82) is 0 Å². The molecule has 1 heterocycles. The number of hydrogen-bond donors (Lipinski definition) is 2. The molecule has 20 heavy (non-hydrogen) atoms. The lowest BCUT2D eigenvalue weighted by Gasteiger charge is -2.32. The Kier molecular flexibility index (Phi) is 3.26. The van der Waals surface area contributed by atoms with Crippen molar-refractivity contribution in [3.63, 3.8) is 0 Å². The fourth-order valence-electron chi connectivity index (χ4n) is 3.01. The number of anilines is 1. The van der Waals surface area contributed by atoms with E-state index in [1.54, 1.807) is 7.11 Å². The van der Waals surface area contributed by atoms with Crippen LogP contribution in [0.4, 0.5) is 5.82 Å². The second-order valence-electron chi connectivity index (χ2n) is 5.95. The molecule has 0 unspecified atom stereocenters. The van der Waals surface area contributed by atoms with Gasteiger partial charge < -0.3 is 10.1 Å². The summed E-state index contributed by atoms with van der Waals surface area (Å²) in [5.74, 6) is 0.958. The van der Waals surface area contributed by atoms with Gasteiger partial charge in [-0.1, -0.05) is 38.1 Å². The molecule has 0 radical (unpaired) electrons. The van der Waals surface area contributed by atoms with E-state index in [-0.39, 0.29) is 5.41 Å². The number of rotatable bonds is 4. The van der Waals surface area contributed by atoms with Crippen LogP contribution in [0.25, 0.3) is 11.3 Å². The summed E-state index contributed by atoms with van der Waals surface area (Å²) in [4.78, 5) is 0. The van der Waals surface area contributed by atoms with Crippen molar-refractivity contribution in [2.24, 2.45) is 0 Å². The number of fused-ring (bicyclic) bond motifs is 3. The Bertz CT molecular complexity index is 616. The lowest BCUT2D eigenvalue weighted by Crippen LogP contribution is -2.25. The van der Waals surface area contributed by atoms with Crippen molar-refractivity contribution in [2.75, 3.05) is 25.6 Å². The van der Waals surface area contributed by atoms with E-state index in [4.69, 9.17) is 4.74 Å². The van der Waals surface area contributed by atoms with Crippen molar-refractivity contribution < 1.29 is 4.74 Å². The van der Waals surface area contributed by atoms with Gasteiger partial charge in [0.05, 0.1) is 12.3 Å². The Morgan fingerprint density at radius 3 is 2.95 bits per heavy atom. The predicted octanol–water partition coefficient (Wildman–Crippen LogP) is 2.97. The molecule has 1 aliphatic rings. The van der Waals surface area contributed by atoms with E-state index in [1.807, 2.05) is 0 Å². The van der Waals surface area contributed by atoms with E-state index >= 15 is 0 Å². The third-order valence-electron chi connectivity index (χ3n) is 4.01. The number of nitrogens with zero attached hydrogens (tertiary/aromatic N) is 1. The zero-order valence-electron chi connectivity index (χ0n) is 12.3. The standard InChI is InChI=1S/C16H21N3O/c1-16(2)10-12-14(11-6-4-5-7-13(11)16)18-19-15(12)17-8-9-20-3/h4-7H,8-10H2,1-3H3,(H2,17,18,19). The number of H-pyrrole nitrogens is 1. The third-order valence-corrected chi connectivity index (χ3v) is 4.01. The van der Waals surface area contributed by atoms with Crippen LogP contribution in [0.3, 0.4) is 0 Å². The minimum Gasteiger partial charge on any atom is -0.383 e. The SMILES string of the molecule is COCCNc1n[nH]c2c1CC(C)(C)c1ccccc1-2. The summed E-state index contributed by atoms with van der Waals surface area (Å²) in [6, 6.07) is 8.59. The Morgan fingerprint density at radius 2 is 2.15 bits per heavy atom. The van der Waals surface area contributed by atoms with Crippen molar-refractivity contribution in [1.82, 2.24) is 10.2 Å². The zero-order valence-corrected chi connectivity index (χ0v) is 12.3. The number of nitrogens with one attached hydrogen (secondary N) is 2. The molecule has 0 fully saturated rings. The first-order valence-electron chi connectivity index (χ1n) is 7.03. The highest BCUT2D eigenvalue weighted by Gasteiger charge is 2.33. The normalized spacial score (nSPS) is 15.6. The smallest absolute Gasteiger partial charge is 0.151 e. The molecular weight excluding hydrogens is 250 g/mol. The Hall–Kier alpha value is -1.81. The zero-order chi connectivity index (χ0) is 14.2. The van der Waals surface area contributed by atoms with Gasteiger partial charge in [0, 0.05) is 24.8 Å². The van der Waals surface area contributed by atoms with Crippen LogP contribution in [0, 0.1) is 0 Å². The Morgan fingerprint density at radius 1 is 1.35 bits per heavy atom. The van der Waals surface area contributed by atoms with Gasteiger partial charge in [-0.2, -0.15) is 5.10 Å². The maximum Gasteiger partial charge on any atom is 0.151 e. The first-order valence-corrected chi connectivity index (χ1v) is 7.03. The molecule has 4 heteroatoms. The van der Waals surface area contributed by atoms with Gasteiger partial charge in [0.2, 0.25) is 0 Å². The van der Waals surface area contributed by atoms with Crippen molar-refractivity contribution in [3.8, 4) is 11.3 Å². The average Bonchev–Trinajstić information content (AvgIpc) is 2.82. The fraction of sp³-hybridized carbons (Fsp3) is 0.438. The molecule has 0 bridgehead atoms. The molecule has 0 amide bonds. The minimum absolute atomic E-state index is 0.130. The predicted molar refractivity (Wildman–Crippen MR) is 81.1 cm³/mol. The summed E-state index contributed by atoms with van der Waals surface area (Å²) in [6.45, 7) is 6.04. The van der Waals surface area contributed by atoms with Crippen LogP contribution in [0.5, 0.6) is 0 Å². The van der Waals surface area contributed by atoms with E-state index in [0.29, 0.717) is 6.61 Å². The van der Waals surface area contributed by atoms with E-state index in [0.717, 1.165) is 24.5 Å². The highest BCUT2D eigenvalue weighted by molar-refractivity contribution is 5.75. The van der Waals surface area contributed by atoms with Crippen molar-refractivity contribution in [3.05, 3.63) is 35.4 Å². The van der Waals surface area contributed by atoms with Crippen LogP contribution >= 0.6 is 0 Å². The molecule has 1 aromatic carbocycles. The van der Waals surface area contributed by atoms with Crippen molar-refractivity contribution >= 4 is 5.82 Å². The maximum atomic E-state index is 5.08. The Balaban J connectivity index is 2.00. The van der Waals surface area contributed by atoms with E-state index in [9.17, 15) is 0 Å². The fourth-order valence-corrected chi connectivity index (χ4v) is 3.01. The molecule has 0 aliphatic heterocycles. The molecule has 1 aromatic heterocycles. The van der Waals surface area contributed by atoms with Crippen LogP contribution in [-0.4, -0.2) is 30.5 Å². The minimum atomic E-state index is 0.130. The topological polar surface area (TPSA) is 49.9 Å². The number of benzene rings is 1. The number of aromatic nitrogens is 2. The molecular formula is C16H21N3O. The summed E-state index contributed by atoms with van der Waals surface area (Å²) in [7, 11) is 1.71. The highest BCUT2D eigenvalue weighted by atomic mass is 16.5. The van der Waals surface area contributed by atoms with Crippen LogP contribution < -0.4 is 5.32 Å². The molecule has 0 atom stereocenters. The van der Waals surface area contributed by atoms with Crippen LogP contribution in [-0.2, 0) is 16.6 Å². The quantitative estimate of drug-likeness (QED) is 0.841. The molecule has 0 saturated carbocycles. The average molecular weight is 271 g/mol. The van der Waals surface area contributed by atoms with E-state index in [2.05, 4.69) is 53.6 Å². The molecule has 4 nitrogen and oxygen atoms in total. The number of hydrogen-bond acceptors (Lipinski definition) is 3. The molecule has 3 rings (SSSR count). The summed E-state index contributed by atoms with van der Waals surface area (Å²) >= 11 is 0. The van der Waals surface area contributed by atoms with Gasteiger partial charge in [-0.25, -0.2) is 0 Å². The van der Waals surface area contributed by atoms with Gasteiger partial charge in [0.15, 0.2) is 5.82 Å². The number of aromatic amines is 1. The lowest BCUT2D eigenvalue weighted by atomic mass is 9.72. The monoisotopic (exact) mass is 271 g/mol. The van der Waals surface area contributed by atoms with Gasteiger partial charge in [-0.3, -0.25) is 5.10 Å². The first-order chi connectivity index (χ1) is 9.63. The Labute approximate surface area is 119 Å². The maximum absolute atomic E-state index is 5.08. The van der Waals surface area contributed by atoms with Gasteiger partial charge in [0.25, 0.3) is 0 Å². The molecule has 2 N–H and O–H groups in total. The largest absolute Gasteiger partial charge is 0.383 e. The molecule has 2 aromatic rings. The lowest BCUT2D eigenvalue weighted by molar-refractivity contribution is 0.210. The van der Waals surface area contributed by atoms with E-state index < -0.39 is 0 Å². The number of ether oxygens (including phenoxy) is 1. The van der Waals surface area contributed by atoms with Crippen LogP contribution in [0.15, 0.2) is 24.3 Å². The molecule has 1 aliphatic carbocycles. The second kappa shape index (κ2) is 4.94. The highest BCUT2D eigenvalue weighted by Crippen LogP contribution is 2.43. The molecule has 0 saturated heterocycles. The van der Waals surface area contributed by atoms with Gasteiger partial charge in [-0.05, 0) is 17.4 Å². The van der Waals surface area contributed by atoms with E-state index in [1.165, 1.54) is 16.7 Å². The van der Waals surface area contributed by atoms with Gasteiger partial charge in [-0.15, -0.1) is 0 Å². The van der Waals surface area contributed by atoms with Gasteiger partial charge >= 0.3 is 0 Å². The third kappa shape index (κ3) is 2.10. The summed E-state index contributed by atoms with van der Waals surface area (Å²) in [5.41, 5.74) is 5.22. The summed E-state index contributed by atoms with van der Waals surface area (Å²) in [6.07, 6.45) is 0.991.